The van der Waals surface area contributed by atoms with Gasteiger partial charge in [0.05, 0.1) is 6.61 Å². The number of rotatable bonds is 17. The van der Waals surface area contributed by atoms with Crippen molar-refractivity contribution in [3.63, 3.8) is 0 Å². The molecule has 170 valence electrons. The van der Waals surface area contributed by atoms with E-state index in [1.165, 1.54) is 89.0 Å². The molecule has 0 saturated heterocycles. The number of unbranched alkanes of at least 4 members (excludes halogenated alkanes) is 9. The summed E-state index contributed by atoms with van der Waals surface area (Å²) in [5.74, 6) is 2.82. The van der Waals surface area contributed by atoms with E-state index in [1.54, 1.807) is 0 Å². The Morgan fingerprint density at radius 3 is 2.13 bits per heavy atom. The second-order valence-corrected chi connectivity index (χ2v) is 9.31. The van der Waals surface area contributed by atoms with Crippen molar-refractivity contribution in [1.29, 1.82) is 0 Å². The molecule has 0 unspecified atom stereocenters. The van der Waals surface area contributed by atoms with E-state index in [0.717, 1.165) is 42.5 Å². The number of aryl methyl sites for hydroxylation is 1. The lowest BCUT2D eigenvalue weighted by molar-refractivity contribution is 0.304. The van der Waals surface area contributed by atoms with Crippen LogP contribution in [0.1, 0.15) is 102 Å². The summed E-state index contributed by atoms with van der Waals surface area (Å²) < 4.78 is 5.91. The molecule has 2 aromatic rings. The summed E-state index contributed by atoms with van der Waals surface area (Å²) in [6.07, 6.45) is 24.0. The molecular formula is C28H42N2O. The molecule has 3 rings (SSSR count). The molecule has 1 aliphatic rings. The van der Waals surface area contributed by atoms with Crippen molar-refractivity contribution in [2.24, 2.45) is 5.92 Å². The van der Waals surface area contributed by atoms with Crippen molar-refractivity contribution in [1.82, 2.24) is 9.97 Å². The van der Waals surface area contributed by atoms with E-state index in [2.05, 4.69) is 29.0 Å². The van der Waals surface area contributed by atoms with Crippen LogP contribution in [0.3, 0.4) is 0 Å². The lowest BCUT2D eigenvalue weighted by Crippen LogP contribution is -1.97. The molecule has 1 fully saturated rings. The van der Waals surface area contributed by atoms with E-state index in [4.69, 9.17) is 4.74 Å². The fourth-order valence-corrected chi connectivity index (χ4v) is 4.10. The standard InChI is InChI=1S/C28H42N2O/c1-2-3-4-5-7-11-14-25-22-29-28(30-23-25)26-17-19-27(20-18-26)31-21-12-9-6-8-10-13-24-15-16-24/h17-20,22-24H,2-16,21H2,1H3. The Morgan fingerprint density at radius 2 is 1.42 bits per heavy atom. The van der Waals surface area contributed by atoms with Crippen LogP contribution in [0, 0.1) is 5.92 Å². The highest BCUT2D eigenvalue weighted by atomic mass is 16.5. The monoisotopic (exact) mass is 422 g/mol. The van der Waals surface area contributed by atoms with Crippen LogP contribution in [0.4, 0.5) is 0 Å². The van der Waals surface area contributed by atoms with Gasteiger partial charge in [-0.1, -0.05) is 84.0 Å². The number of hydrogen-bond donors (Lipinski definition) is 0. The Balaban J connectivity index is 1.29. The lowest BCUT2D eigenvalue weighted by Gasteiger charge is -2.07. The van der Waals surface area contributed by atoms with Crippen LogP contribution in [0.15, 0.2) is 36.7 Å². The fourth-order valence-electron chi connectivity index (χ4n) is 4.10. The van der Waals surface area contributed by atoms with Gasteiger partial charge in [-0.25, -0.2) is 9.97 Å². The molecule has 0 aliphatic heterocycles. The first-order valence-electron chi connectivity index (χ1n) is 12.9. The minimum Gasteiger partial charge on any atom is -0.494 e. The van der Waals surface area contributed by atoms with E-state index in [-0.39, 0.29) is 0 Å². The summed E-state index contributed by atoms with van der Waals surface area (Å²) in [7, 11) is 0. The fraction of sp³-hybridized carbons (Fsp3) is 0.643. The quantitative estimate of drug-likeness (QED) is 0.241. The van der Waals surface area contributed by atoms with Crippen LogP contribution >= 0.6 is 0 Å². The van der Waals surface area contributed by atoms with Crippen LogP contribution in [-0.2, 0) is 6.42 Å². The molecule has 1 aromatic heterocycles. The number of aromatic nitrogens is 2. The van der Waals surface area contributed by atoms with Crippen molar-refractivity contribution in [3.8, 4) is 17.1 Å². The van der Waals surface area contributed by atoms with E-state index in [1.807, 2.05) is 24.5 Å². The van der Waals surface area contributed by atoms with E-state index >= 15 is 0 Å². The van der Waals surface area contributed by atoms with Crippen molar-refractivity contribution in [3.05, 3.63) is 42.2 Å². The minimum atomic E-state index is 0.796. The zero-order chi connectivity index (χ0) is 21.6. The average Bonchev–Trinajstić information content (AvgIpc) is 3.63. The molecule has 1 saturated carbocycles. The average molecular weight is 423 g/mol. The third-order valence-electron chi connectivity index (χ3n) is 6.36. The molecule has 0 bridgehead atoms. The molecule has 0 radical (unpaired) electrons. The van der Waals surface area contributed by atoms with Gasteiger partial charge in [-0.2, -0.15) is 0 Å². The summed E-state index contributed by atoms with van der Waals surface area (Å²) in [6.45, 7) is 3.07. The van der Waals surface area contributed by atoms with Gasteiger partial charge in [0, 0.05) is 18.0 Å². The summed E-state index contributed by atoms with van der Waals surface area (Å²) in [5.41, 5.74) is 2.29. The van der Waals surface area contributed by atoms with Gasteiger partial charge in [0.25, 0.3) is 0 Å². The van der Waals surface area contributed by atoms with Crippen LogP contribution < -0.4 is 4.74 Å². The molecule has 3 nitrogen and oxygen atoms in total. The van der Waals surface area contributed by atoms with Crippen molar-refractivity contribution in [2.75, 3.05) is 6.61 Å². The second-order valence-electron chi connectivity index (χ2n) is 9.31. The molecule has 0 atom stereocenters. The highest BCUT2D eigenvalue weighted by molar-refractivity contribution is 5.55. The molecule has 0 spiro atoms. The van der Waals surface area contributed by atoms with Gasteiger partial charge < -0.3 is 4.74 Å². The van der Waals surface area contributed by atoms with Crippen LogP contribution in [0.2, 0.25) is 0 Å². The number of ether oxygens (including phenoxy) is 1. The second kappa shape index (κ2) is 14.2. The molecule has 3 heteroatoms. The van der Waals surface area contributed by atoms with Crippen molar-refractivity contribution < 1.29 is 4.74 Å². The van der Waals surface area contributed by atoms with Crippen molar-refractivity contribution in [2.45, 2.75) is 103 Å². The Labute approximate surface area is 190 Å². The minimum absolute atomic E-state index is 0.796. The van der Waals surface area contributed by atoms with E-state index in [9.17, 15) is 0 Å². The summed E-state index contributed by atoms with van der Waals surface area (Å²) >= 11 is 0. The lowest BCUT2D eigenvalue weighted by atomic mass is 10.1. The smallest absolute Gasteiger partial charge is 0.159 e. The molecule has 31 heavy (non-hydrogen) atoms. The van der Waals surface area contributed by atoms with E-state index < -0.39 is 0 Å². The first-order chi connectivity index (χ1) is 15.3. The van der Waals surface area contributed by atoms with E-state index in [0.29, 0.717) is 0 Å². The SMILES string of the molecule is CCCCCCCCc1cnc(-c2ccc(OCCCCCCCC3CC3)cc2)nc1. The molecule has 1 heterocycles. The Morgan fingerprint density at radius 1 is 0.774 bits per heavy atom. The van der Waals surface area contributed by atoms with Gasteiger partial charge in [0.2, 0.25) is 0 Å². The van der Waals surface area contributed by atoms with Crippen LogP contribution in [0.25, 0.3) is 11.4 Å². The van der Waals surface area contributed by atoms with Gasteiger partial charge in [0.15, 0.2) is 5.82 Å². The molecule has 0 amide bonds. The molecule has 1 aliphatic carbocycles. The number of benzene rings is 1. The third kappa shape index (κ3) is 9.84. The molecular weight excluding hydrogens is 380 g/mol. The number of hydrogen-bond acceptors (Lipinski definition) is 3. The first-order valence-corrected chi connectivity index (χ1v) is 12.9. The maximum atomic E-state index is 5.91. The summed E-state index contributed by atoms with van der Waals surface area (Å²) in [4.78, 5) is 9.16. The Bertz CT molecular complexity index is 707. The van der Waals surface area contributed by atoms with Gasteiger partial charge in [-0.15, -0.1) is 0 Å². The van der Waals surface area contributed by atoms with Gasteiger partial charge in [-0.05, 0) is 55.0 Å². The molecule has 1 aromatic carbocycles. The maximum absolute atomic E-state index is 5.91. The zero-order valence-corrected chi connectivity index (χ0v) is 19.7. The van der Waals surface area contributed by atoms with Crippen LogP contribution in [-0.4, -0.2) is 16.6 Å². The maximum Gasteiger partial charge on any atom is 0.159 e. The molecule has 0 N–H and O–H groups in total. The number of nitrogens with zero attached hydrogens (tertiary/aromatic N) is 2. The largest absolute Gasteiger partial charge is 0.494 e. The predicted octanol–water partition coefficient (Wildman–Crippen LogP) is 8.18. The van der Waals surface area contributed by atoms with Gasteiger partial charge in [-0.3, -0.25) is 0 Å². The topological polar surface area (TPSA) is 35.0 Å². The summed E-state index contributed by atoms with van der Waals surface area (Å²) in [5, 5.41) is 0. The van der Waals surface area contributed by atoms with Gasteiger partial charge in [0.1, 0.15) is 5.75 Å². The van der Waals surface area contributed by atoms with Crippen molar-refractivity contribution >= 4 is 0 Å². The Hall–Kier alpha value is -1.90. The summed E-state index contributed by atoms with van der Waals surface area (Å²) in [6, 6.07) is 8.21. The van der Waals surface area contributed by atoms with Gasteiger partial charge >= 0.3 is 0 Å². The normalized spacial score (nSPS) is 13.5. The Kier molecular flexibility index (Phi) is 10.9. The first kappa shape index (κ1) is 23.8. The predicted molar refractivity (Wildman–Crippen MR) is 130 cm³/mol. The highest BCUT2D eigenvalue weighted by Gasteiger charge is 2.19. The highest BCUT2D eigenvalue weighted by Crippen LogP contribution is 2.34. The van der Waals surface area contributed by atoms with Crippen LogP contribution in [0.5, 0.6) is 5.75 Å². The zero-order valence-electron chi connectivity index (χ0n) is 19.7. The third-order valence-corrected chi connectivity index (χ3v) is 6.36.